The number of hydrogen-bond acceptors (Lipinski definition) is 2. The summed E-state index contributed by atoms with van der Waals surface area (Å²) in [5.74, 6) is -1.01. The largest absolute Gasteiger partial charge is 0.326 e. The highest BCUT2D eigenvalue weighted by Crippen LogP contribution is 2.31. The van der Waals surface area contributed by atoms with Crippen LogP contribution < -0.4 is 5.32 Å². The van der Waals surface area contributed by atoms with Gasteiger partial charge in [0.05, 0.1) is 0 Å². The van der Waals surface area contributed by atoms with Crippen LogP contribution in [0.3, 0.4) is 0 Å². The molecule has 0 unspecified atom stereocenters. The van der Waals surface area contributed by atoms with Crippen molar-refractivity contribution < 1.29 is 8.78 Å². The van der Waals surface area contributed by atoms with E-state index in [4.69, 9.17) is 0 Å². The van der Waals surface area contributed by atoms with Gasteiger partial charge in [0, 0.05) is 30.2 Å². The standard InChI is InChI=1S/C15H17F2N3/c16-13-7-6-11(10-14(13)17)19-15-18-8-9-20(15)12-4-2-1-3-5-12/h6-10,12H,1-5H2,(H,18,19). The molecule has 3 nitrogen and oxygen atoms in total. The van der Waals surface area contributed by atoms with Gasteiger partial charge in [-0.15, -0.1) is 0 Å². The van der Waals surface area contributed by atoms with E-state index >= 15 is 0 Å². The van der Waals surface area contributed by atoms with Crippen LogP contribution in [0.5, 0.6) is 0 Å². The van der Waals surface area contributed by atoms with Crippen LogP contribution in [-0.4, -0.2) is 9.55 Å². The third-order valence-electron chi connectivity index (χ3n) is 3.81. The molecule has 2 aromatic rings. The fourth-order valence-corrected chi connectivity index (χ4v) is 2.77. The lowest BCUT2D eigenvalue weighted by molar-refractivity contribution is 0.356. The van der Waals surface area contributed by atoms with Crippen molar-refractivity contribution in [3.8, 4) is 0 Å². The van der Waals surface area contributed by atoms with Crippen molar-refractivity contribution in [3.05, 3.63) is 42.2 Å². The Morgan fingerprint density at radius 1 is 1.10 bits per heavy atom. The zero-order valence-corrected chi connectivity index (χ0v) is 11.1. The van der Waals surface area contributed by atoms with Gasteiger partial charge in [-0.3, -0.25) is 0 Å². The van der Waals surface area contributed by atoms with E-state index in [0.29, 0.717) is 17.7 Å². The van der Waals surface area contributed by atoms with Gasteiger partial charge in [0.15, 0.2) is 11.6 Å². The second-order valence-corrected chi connectivity index (χ2v) is 5.20. The summed E-state index contributed by atoms with van der Waals surface area (Å²) >= 11 is 0. The second-order valence-electron chi connectivity index (χ2n) is 5.20. The minimum Gasteiger partial charge on any atom is -0.326 e. The van der Waals surface area contributed by atoms with Gasteiger partial charge in [-0.1, -0.05) is 19.3 Å². The molecule has 1 aliphatic rings. The molecule has 1 aliphatic carbocycles. The molecule has 0 atom stereocenters. The SMILES string of the molecule is Fc1ccc(Nc2nccn2C2CCCCC2)cc1F. The summed E-state index contributed by atoms with van der Waals surface area (Å²) in [5, 5.41) is 3.06. The van der Waals surface area contributed by atoms with Crippen molar-refractivity contribution in [1.29, 1.82) is 0 Å². The number of anilines is 2. The Morgan fingerprint density at radius 3 is 2.65 bits per heavy atom. The summed E-state index contributed by atoms with van der Waals surface area (Å²) in [6.45, 7) is 0. The van der Waals surface area contributed by atoms with Crippen molar-refractivity contribution >= 4 is 11.6 Å². The molecular weight excluding hydrogens is 260 g/mol. The van der Waals surface area contributed by atoms with Gasteiger partial charge in [-0.2, -0.15) is 0 Å². The highest BCUT2D eigenvalue weighted by atomic mass is 19.2. The predicted octanol–water partition coefficient (Wildman–Crippen LogP) is 4.41. The molecule has 1 aromatic carbocycles. The third kappa shape index (κ3) is 2.66. The zero-order valence-electron chi connectivity index (χ0n) is 11.1. The number of nitrogens with one attached hydrogen (secondary N) is 1. The molecule has 1 heterocycles. The van der Waals surface area contributed by atoms with E-state index in [1.165, 1.54) is 25.3 Å². The van der Waals surface area contributed by atoms with Crippen molar-refractivity contribution in [2.75, 3.05) is 5.32 Å². The number of imidazole rings is 1. The Hall–Kier alpha value is -1.91. The third-order valence-corrected chi connectivity index (χ3v) is 3.81. The first-order valence-electron chi connectivity index (χ1n) is 6.99. The van der Waals surface area contributed by atoms with Crippen LogP contribution in [0.4, 0.5) is 20.4 Å². The van der Waals surface area contributed by atoms with Crippen LogP contribution in [0.1, 0.15) is 38.1 Å². The number of nitrogens with zero attached hydrogens (tertiary/aromatic N) is 2. The molecule has 106 valence electrons. The molecule has 0 radical (unpaired) electrons. The van der Waals surface area contributed by atoms with Crippen LogP contribution in [0.2, 0.25) is 0 Å². The van der Waals surface area contributed by atoms with E-state index in [1.807, 2.05) is 6.20 Å². The number of hydrogen-bond donors (Lipinski definition) is 1. The molecule has 0 saturated heterocycles. The first kappa shape index (κ1) is 13.1. The highest BCUT2D eigenvalue weighted by Gasteiger charge is 2.18. The maximum atomic E-state index is 13.2. The molecule has 1 N–H and O–H groups in total. The molecular formula is C15H17F2N3. The van der Waals surface area contributed by atoms with Gasteiger partial charge < -0.3 is 9.88 Å². The quantitative estimate of drug-likeness (QED) is 0.900. The monoisotopic (exact) mass is 277 g/mol. The number of aromatic nitrogens is 2. The summed E-state index contributed by atoms with van der Waals surface area (Å²) in [4.78, 5) is 4.27. The number of benzene rings is 1. The van der Waals surface area contributed by atoms with Gasteiger partial charge in [0.25, 0.3) is 0 Å². The lowest BCUT2D eigenvalue weighted by Crippen LogP contribution is -2.14. The second kappa shape index (κ2) is 5.61. The molecule has 0 amide bonds. The summed E-state index contributed by atoms with van der Waals surface area (Å²) in [5.41, 5.74) is 0.507. The lowest BCUT2D eigenvalue weighted by Gasteiger charge is -2.24. The van der Waals surface area contributed by atoms with Gasteiger partial charge in [0.2, 0.25) is 5.95 Å². The van der Waals surface area contributed by atoms with E-state index in [9.17, 15) is 8.78 Å². The smallest absolute Gasteiger partial charge is 0.207 e. The molecule has 0 aliphatic heterocycles. The first-order chi connectivity index (χ1) is 9.74. The Kier molecular flexibility index (Phi) is 3.67. The van der Waals surface area contributed by atoms with Crippen LogP contribution >= 0.6 is 0 Å². The molecule has 1 saturated carbocycles. The summed E-state index contributed by atoms with van der Waals surface area (Å²) < 4.78 is 28.2. The average molecular weight is 277 g/mol. The van der Waals surface area contributed by atoms with Gasteiger partial charge in [0.1, 0.15) is 0 Å². The van der Waals surface area contributed by atoms with Gasteiger partial charge >= 0.3 is 0 Å². The minimum atomic E-state index is -0.856. The van der Waals surface area contributed by atoms with Crippen molar-refractivity contribution in [1.82, 2.24) is 9.55 Å². The maximum absolute atomic E-state index is 13.2. The molecule has 3 rings (SSSR count). The Morgan fingerprint density at radius 2 is 1.90 bits per heavy atom. The normalized spacial score (nSPS) is 16.3. The molecule has 1 aromatic heterocycles. The first-order valence-corrected chi connectivity index (χ1v) is 6.99. The van der Waals surface area contributed by atoms with Crippen molar-refractivity contribution in [2.45, 2.75) is 38.1 Å². The molecule has 1 fully saturated rings. The summed E-state index contributed by atoms with van der Waals surface area (Å²) in [6, 6.07) is 4.22. The van der Waals surface area contributed by atoms with E-state index in [1.54, 1.807) is 6.20 Å². The average Bonchev–Trinajstić information content (AvgIpc) is 2.92. The van der Waals surface area contributed by atoms with E-state index in [0.717, 1.165) is 25.0 Å². The summed E-state index contributed by atoms with van der Waals surface area (Å²) in [7, 11) is 0. The Bertz CT molecular complexity index is 589. The fraction of sp³-hybridized carbons (Fsp3) is 0.400. The van der Waals surface area contributed by atoms with E-state index in [-0.39, 0.29) is 0 Å². The predicted molar refractivity (Wildman–Crippen MR) is 74.0 cm³/mol. The molecule has 0 spiro atoms. The molecule has 0 bridgehead atoms. The Labute approximate surface area is 116 Å². The van der Waals surface area contributed by atoms with E-state index in [2.05, 4.69) is 14.9 Å². The fourth-order valence-electron chi connectivity index (χ4n) is 2.77. The van der Waals surface area contributed by atoms with Crippen LogP contribution in [-0.2, 0) is 0 Å². The van der Waals surface area contributed by atoms with Crippen LogP contribution in [0.15, 0.2) is 30.6 Å². The topological polar surface area (TPSA) is 29.9 Å². The van der Waals surface area contributed by atoms with Crippen molar-refractivity contribution in [2.24, 2.45) is 0 Å². The van der Waals surface area contributed by atoms with Crippen LogP contribution in [0.25, 0.3) is 0 Å². The zero-order chi connectivity index (χ0) is 13.9. The van der Waals surface area contributed by atoms with Crippen molar-refractivity contribution in [3.63, 3.8) is 0 Å². The number of rotatable bonds is 3. The lowest BCUT2D eigenvalue weighted by atomic mass is 9.95. The maximum Gasteiger partial charge on any atom is 0.207 e. The highest BCUT2D eigenvalue weighted by molar-refractivity contribution is 5.53. The van der Waals surface area contributed by atoms with Gasteiger partial charge in [-0.05, 0) is 25.0 Å². The van der Waals surface area contributed by atoms with Gasteiger partial charge in [-0.25, -0.2) is 13.8 Å². The van der Waals surface area contributed by atoms with Crippen LogP contribution in [0, 0.1) is 11.6 Å². The molecule has 5 heteroatoms. The number of halogens is 2. The summed E-state index contributed by atoms with van der Waals surface area (Å²) in [6.07, 6.45) is 9.71. The Balaban J connectivity index is 1.80. The minimum absolute atomic E-state index is 0.444. The molecule has 20 heavy (non-hydrogen) atoms. The van der Waals surface area contributed by atoms with E-state index < -0.39 is 11.6 Å².